The van der Waals surface area contributed by atoms with Crippen LogP contribution in [0, 0.1) is 6.92 Å². The molecule has 0 amide bonds. The smallest absolute Gasteiger partial charge is 0.378 e. The molecule has 0 unspecified atom stereocenters. The van der Waals surface area contributed by atoms with Crippen molar-refractivity contribution in [1.29, 1.82) is 0 Å². The van der Waals surface area contributed by atoms with Gasteiger partial charge >= 0.3 is 6.18 Å². The SMILES string of the molecule is Cc1cc([C@H](O)C(F)(F)F)n(C)n1. The molecule has 0 aliphatic heterocycles. The largest absolute Gasteiger partial charge is 0.420 e. The van der Waals surface area contributed by atoms with E-state index in [0.717, 1.165) is 4.68 Å². The normalized spacial score (nSPS) is 14.6. The van der Waals surface area contributed by atoms with Gasteiger partial charge in [0.1, 0.15) is 0 Å². The lowest BCUT2D eigenvalue weighted by atomic mass is 10.2. The van der Waals surface area contributed by atoms with E-state index in [4.69, 9.17) is 5.11 Å². The Kier molecular flexibility index (Phi) is 2.34. The van der Waals surface area contributed by atoms with Crippen molar-refractivity contribution in [3.05, 3.63) is 17.5 Å². The van der Waals surface area contributed by atoms with Crippen LogP contribution in [-0.2, 0) is 7.05 Å². The van der Waals surface area contributed by atoms with Crippen LogP contribution in [0.1, 0.15) is 17.5 Å². The van der Waals surface area contributed by atoms with Crippen molar-refractivity contribution in [1.82, 2.24) is 9.78 Å². The summed E-state index contributed by atoms with van der Waals surface area (Å²) in [5, 5.41) is 12.6. The first-order valence-electron chi connectivity index (χ1n) is 3.57. The molecule has 74 valence electrons. The van der Waals surface area contributed by atoms with E-state index in [1.54, 1.807) is 6.92 Å². The van der Waals surface area contributed by atoms with Gasteiger partial charge < -0.3 is 5.11 Å². The Labute approximate surface area is 72.8 Å². The highest BCUT2D eigenvalue weighted by molar-refractivity contribution is 5.12. The number of aryl methyl sites for hydroxylation is 2. The van der Waals surface area contributed by atoms with E-state index in [2.05, 4.69) is 5.10 Å². The number of rotatable bonds is 1. The molecule has 1 aromatic rings. The van der Waals surface area contributed by atoms with Crippen LogP contribution in [0.3, 0.4) is 0 Å². The van der Waals surface area contributed by atoms with Crippen molar-refractivity contribution < 1.29 is 18.3 Å². The fraction of sp³-hybridized carbons (Fsp3) is 0.571. The highest BCUT2D eigenvalue weighted by Gasteiger charge is 2.41. The second kappa shape index (κ2) is 3.02. The lowest BCUT2D eigenvalue weighted by Gasteiger charge is -2.13. The lowest BCUT2D eigenvalue weighted by molar-refractivity contribution is -0.208. The van der Waals surface area contributed by atoms with Crippen LogP contribution < -0.4 is 0 Å². The van der Waals surface area contributed by atoms with Crippen LogP contribution >= 0.6 is 0 Å². The van der Waals surface area contributed by atoms with Gasteiger partial charge in [0.05, 0.1) is 11.4 Å². The molecule has 1 N–H and O–H groups in total. The maximum atomic E-state index is 12.0. The average molecular weight is 194 g/mol. The Hall–Kier alpha value is -1.04. The van der Waals surface area contributed by atoms with Crippen LogP contribution in [-0.4, -0.2) is 21.1 Å². The number of nitrogens with zero attached hydrogens (tertiary/aromatic N) is 2. The Bertz CT molecular complexity index is 305. The summed E-state index contributed by atoms with van der Waals surface area (Å²) in [7, 11) is 1.36. The fourth-order valence-corrected chi connectivity index (χ4v) is 1.05. The predicted molar refractivity (Wildman–Crippen MR) is 39.0 cm³/mol. The van der Waals surface area contributed by atoms with E-state index < -0.39 is 12.3 Å². The topological polar surface area (TPSA) is 38.0 Å². The Morgan fingerprint density at radius 3 is 2.38 bits per heavy atom. The molecule has 1 aromatic heterocycles. The summed E-state index contributed by atoms with van der Waals surface area (Å²) >= 11 is 0. The third kappa shape index (κ3) is 2.00. The summed E-state index contributed by atoms with van der Waals surface area (Å²) in [6, 6.07) is 1.21. The minimum Gasteiger partial charge on any atom is -0.378 e. The number of halogens is 3. The van der Waals surface area contributed by atoms with E-state index in [0.29, 0.717) is 5.69 Å². The van der Waals surface area contributed by atoms with Gasteiger partial charge in [0.15, 0.2) is 6.10 Å². The van der Waals surface area contributed by atoms with Gasteiger partial charge in [0.2, 0.25) is 0 Å². The van der Waals surface area contributed by atoms with Gasteiger partial charge in [-0.05, 0) is 13.0 Å². The Morgan fingerprint density at radius 1 is 1.54 bits per heavy atom. The van der Waals surface area contributed by atoms with Gasteiger partial charge in [-0.15, -0.1) is 0 Å². The van der Waals surface area contributed by atoms with Gasteiger partial charge in [-0.25, -0.2) is 0 Å². The average Bonchev–Trinajstić information content (AvgIpc) is 2.26. The number of aromatic nitrogens is 2. The molecule has 0 aromatic carbocycles. The summed E-state index contributed by atoms with van der Waals surface area (Å²) in [6.45, 7) is 1.56. The van der Waals surface area contributed by atoms with Crippen molar-refractivity contribution in [2.45, 2.75) is 19.2 Å². The molecule has 3 nitrogen and oxygen atoms in total. The zero-order valence-corrected chi connectivity index (χ0v) is 7.13. The summed E-state index contributed by atoms with van der Waals surface area (Å²) in [5.41, 5.74) is 0.200. The monoisotopic (exact) mass is 194 g/mol. The first kappa shape index (κ1) is 10.0. The maximum absolute atomic E-state index is 12.0. The van der Waals surface area contributed by atoms with Crippen LogP contribution in [0.15, 0.2) is 6.07 Å². The van der Waals surface area contributed by atoms with Gasteiger partial charge in [-0.3, -0.25) is 4.68 Å². The highest BCUT2D eigenvalue weighted by Crippen LogP contribution is 2.32. The third-order valence-corrected chi connectivity index (χ3v) is 1.63. The summed E-state index contributed by atoms with van der Waals surface area (Å²) in [4.78, 5) is 0. The summed E-state index contributed by atoms with van der Waals surface area (Å²) in [6.07, 6.45) is -7.10. The minimum absolute atomic E-state index is 0.245. The molecule has 0 saturated heterocycles. The molecule has 0 fully saturated rings. The van der Waals surface area contributed by atoms with Gasteiger partial charge in [0, 0.05) is 7.05 Å². The molecule has 0 radical (unpaired) electrons. The maximum Gasteiger partial charge on any atom is 0.420 e. The number of aliphatic hydroxyl groups is 1. The minimum atomic E-state index is -4.64. The molecular weight excluding hydrogens is 185 g/mol. The van der Waals surface area contributed by atoms with E-state index in [-0.39, 0.29) is 5.69 Å². The molecule has 1 heterocycles. The molecule has 13 heavy (non-hydrogen) atoms. The second-order valence-electron chi connectivity index (χ2n) is 2.78. The number of alkyl halides is 3. The predicted octanol–water partition coefficient (Wildman–Crippen LogP) is 1.32. The summed E-state index contributed by atoms with van der Waals surface area (Å²) in [5.74, 6) is 0. The van der Waals surface area contributed by atoms with Crippen molar-refractivity contribution in [2.75, 3.05) is 0 Å². The van der Waals surface area contributed by atoms with Gasteiger partial charge in [-0.2, -0.15) is 18.3 Å². The van der Waals surface area contributed by atoms with Crippen LogP contribution in [0.4, 0.5) is 13.2 Å². The second-order valence-corrected chi connectivity index (χ2v) is 2.78. The fourth-order valence-electron chi connectivity index (χ4n) is 1.05. The first-order valence-corrected chi connectivity index (χ1v) is 3.57. The first-order chi connectivity index (χ1) is 5.82. The van der Waals surface area contributed by atoms with Gasteiger partial charge in [0.25, 0.3) is 0 Å². The number of hydrogen-bond acceptors (Lipinski definition) is 2. The highest BCUT2D eigenvalue weighted by atomic mass is 19.4. The lowest BCUT2D eigenvalue weighted by Crippen LogP contribution is -2.22. The van der Waals surface area contributed by atoms with E-state index >= 15 is 0 Å². The Morgan fingerprint density at radius 2 is 2.08 bits per heavy atom. The Balaban J connectivity index is 3.01. The van der Waals surface area contributed by atoms with Crippen LogP contribution in [0.2, 0.25) is 0 Å². The molecule has 0 spiro atoms. The van der Waals surface area contributed by atoms with Gasteiger partial charge in [-0.1, -0.05) is 0 Å². The van der Waals surface area contributed by atoms with Crippen LogP contribution in [0.5, 0.6) is 0 Å². The standard InChI is InChI=1S/C7H9F3N2O/c1-4-3-5(12(2)11-4)6(13)7(8,9)10/h3,6,13H,1-2H3/t6-/m0/s1. The quantitative estimate of drug-likeness (QED) is 0.732. The molecule has 6 heteroatoms. The van der Waals surface area contributed by atoms with Crippen molar-refractivity contribution in [3.8, 4) is 0 Å². The number of hydrogen-bond donors (Lipinski definition) is 1. The van der Waals surface area contributed by atoms with E-state index in [1.165, 1.54) is 13.1 Å². The van der Waals surface area contributed by atoms with E-state index in [9.17, 15) is 13.2 Å². The molecule has 1 atom stereocenters. The molecule has 0 bridgehead atoms. The zero-order chi connectivity index (χ0) is 10.2. The zero-order valence-electron chi connectivity index (χ0n) is 7.13. The van der Waals surface area contributed by atoms with Crippen molar-refractivity contribution in [2.24, 2.45) is 7.05 Å². The molecule has 0 aliphatic rings. The van der Waals surface area contributed by atoms with Crippen molar-refractivity contribution in [3.63, 3.8) is 0 Å². The summed E-state index contributed by atoms with van der Waals surface area (Å²) < 4.78 is 37.1. The third-order valence-electron chi connectivity index (χ3n) is 1.63. The molecule has 1 rings (SSSR count). The van der Waals surface area contributed by atoms with E-state index in [1.807, 2.05) is 0 Å². The molecule has 0 aliphatic carbocycles. The number of aliphatic hydroxyl groups excluding tert-OH is 1. The van der Waals surface area contributed by atoms with Crippen LogP contribution in [0.25, 0.3) is 0 Å². The molecule has 0 saturated carbocycles. The van der Waals surface area contributed by atoms with Crippen molar-refractivity contribution >= 4 is 0 Å². The molecular formula is C7H9F3N2O.